The molecule has 1 aliphatic rings. The summed E-state index contributed by atoms with van der Waals surface area (Å²) in [7, 11) is 1.83. The molecule has 2 rings (SSSR count). The molecule has 1 heterocycles. The van der Waals surface area contributed by atoms with Gasteiger partial charge in [-0.1, -0.05) is 12.8 Å². The molecule has 0 bridgehead atoms. The van der Waals surface area contributed by atoms with E-state index in [1.165, 1.54) is 12.8 Å². The van der Waals surface area contributed by atoms with Crippen molar-refractivity contribution in [2.75, 3.05) is 5.88 Å². The van der Waals surface area contributed by atoms with E-state index in [1.807, 2.05) is 14.0 Å². The maximum Gasteiger partial charge on any atom is 0.254 e. The van der Waals surface area contributed by atoms with Gasteiger partial charge in [-0.2, -0.15) is 5.10 Å². The Morgan fingerprint density at radius 1 is 1.56 bits per heavy atom. The van der Waals surface area contributed by atoms with Gasteiger partial charge in [-0.25, -0.2) is 0 Å². The fraction of sp³-hybridized carbons (Fsp3) is 0.692. The van der Waals surface area contributed by atoms with E-state index in [2.05, 4.69) is 10.4 Å². The van der Waals surface area contributed by atoms with Crippen LogP contribution >= 0.6 is 11.6 Å². The van der Waals surface area contributed by atoms with E-state index >= 15 is 0 Å². The van der Waals surface area contributed by atoms with Crippen molar-refractivity contribution in [3.63, 3.8) is 0 Å². The highest BCUT2D eigenvalue weighted by Gasteiger charge is 2.26. The highest BCUT2D eigenvalue weighted by atomic mass is 35.5. The summed E-state index contributed by atoms with van der Waals surface area (Å²) >= 11 is 5.97. The number of carbonyl (C=O) groups is 1. The maximum atomic E-state index is 12.2. The lowest BCUT2D eigenvalue weighted by atomic mass is 9.85. The number of carbonyl (C=O) groups excluding carboxylic acids is 1. The number of hydrogen-bond donors (Lipinski definition) is 1. The molecule has 1 saturated carbocycles. The van der Waals surface area contributed by atoms with Crippen molar-refractivity contribution >= 4 is 17.5 Å². The lowest BCUT2D eigenvalue weighted by Crippen LogP contribution is -2.42. The third-order valence-corrected chi connectivity index (χ3v) is 4.08. The van der Waals surface area contributed by atoms with Gasteiger partial charge in [-0.05, 0) is 25.7 Å². The molecule has 1 aromatic heterocycles. The molecule has 1 amide bonds. The molecule has 4 nitrogen and oxygen atoms in total. The third-order valence-electron chi connectivity index (χ3n) is 3.68. The van der Waals surface area contributed by atoms with Gasteiger partial charge in [0.25, 0.3) is 5.91 Å². The minimum atomic E-state index is -0.0254. The van der Waals surface area contributed by atoms with Crippen LogP contribution in [0.5, 0.6) is 0 Å². The molecule has 1 aliphatic carbocycles. The van der Waals surface area contributed by atoms with Crippen LogP contribution in [0.2, 0.25) is 0 Å². The highest BCUT2D eigenvalue weighted by Crippen LogP contribution is 2.25. The molecule has 0 spiro atoms. The number of alkyl halides is 1. The molecule has 1 N–H and O–H groups in total. The Bertz CT molecular complexity index is 430. The molecule has 0 saturated heterocycles. The summed E-state index contributed by atoms with van der Waals surface area (Å²) in [5.41, 5.74) is 1.43. The Hall–Kier alpha value is -1.03. The first kappa shape index (κ1) is 13.4. The summed E-state index contributed by atoms with van der Waals surface area (Å²) in [6.07, 6.45) is 6.30. The lowest BCUT2D eigenvalue weighted by molar-refractivity contribution is 0.0910. The molecule has 0 aliphatic heterocycles. The molecule has 1 aromatic rings. The molecule has 100 valence electrons. The van der Waals surface area contributed by atoms with Gasteiger partial charge in [-0.3, -0.25) is 9.48 Å². The summed E-state index contributed by atoms with van der Waals surface area (Å²) in [6, 6.07) is 0.211. The van der Waals surface area contributed by atoms with Crippen LogP contribution in [0.4, 0.5) is 0 Å². The van der Waals surface area contributed by atoms with Crippen molar-refractivity contribution in [2.24, 2.45) is 13.0 Å². The second-order valence-electron chi connectivity index (χ2n) is 5.08. The summed E-state index contributed by atoms with van der Waals surface area (Å²) < 4.78 is 1.67. The number of nitrogens with one attached hydrogen (secondary N) is 1. The molecule has 0 radical (unpaired) electrons. The Balaban J connectivity index is 2.04. The first-order chi connectivity index (χ1) is 8.61. The predicted molar refractivity (Wildman–Crippen MR) is 71.9 cm³/mol. The van der Waals surface area contributed by atoms with Crippen LogP contribution in [0.1, 0.15) is 41.7 Å². The number of halogens is 1. The number of aryl methyl sites for hydroxylation is 2. The zero-order valence-corrected chi connectivity index (χ0v) is 11.7. The predicted octanol–water partition coefficient (Wildman–Crippen LogP) is 2.26. The average Bonchev–Trinajstić information content (AvgIpc) is 2.69. The van der Waals surface area contributed by atoms with Gasteiger partial charge in [-0.15, -0.1) is 11.6 Å². The summed E-state index contributed by atoms with van der Waals surface area (Å²) in [4.78, 5) is 12.2. The SMILES string of the molecule is Cc1nn(C)cc1C(=O)NC1CCCCC1CCl. The van der Waals surface area contributed by atoms with E-state index in [-0.39, 0.29) is 11.9 Å². The Morgan fingerprint density at radius 3 is 2.89 bits per heavy atom. The first-order valence-corrected chi connectivity index (χ1v) is 7.02. The molecule has 0 aromatic carbocycles. The van der Waals surface area contributed by atoms with Crippen molar-refractivity contribution in [1.82, 2.24) is 15.1 Å². The van der Waals surface area contributed by atoms with Crippen molar-refractivity contribution < 1.29 is 4.79 Å². The van der Waals surface area contributed by atoms with Gasteiger partial charge in [0.15, 0.2) is 0 Å². The number of hydrogen-bond acceptors (Lipinski definition) is 2. The average molecular weight is 270 g/mol. The normalized spacial score (nSPS) is 23.9. The number of rotatable bonds is 3. The third kappa shape index (κ3) is 2.86. The highest BCUT2D eigenvalue weighted by molar-refractivity contribution is 6.18. The number of aromatic nitrogens is 2. The van der Waals surface area contributed by atoms with Gasteiger partial charge in [0.2, 0.25) is 0 Å². The molecule has 2 unspecified atom stereocenters. The van der Waals surface area contributed by atoms with Crippen LogP contribution in [0.15, 0.2) is 6.20 Å². The van der Waals surface area contributed by atoms with Crippen LogP contribution in [0.25, 0.3) is 0 Å². The molecule has 2 atom stereocenters. The zero-order valence-electron chi connectivity index (χ0n) is 10.9. The fourth-order valence-corrected chi connectivity index (χ4v) is 3.02. The molecular formula is C13H20ClN3O. The largest absolute Gasteiger partial charge is 0.349 e. The zero-order chi connectivity index (χ0) is 13.1. The second kappa shape index (κ2) is 5.74. The van der Waals surface area contributed by atoms with E-state index in [0.717, 1.165) is 18.5 Å². The summed E-state index contributed by atoms with van der Waals surface area (Å²) in [6.45, 7) is 1.86. The lowest BCUT2D eigenvalue weighted by Gasteiger charge is -2.30. The number of nitrogens with zero attached hydrogens (tertiary/aromatic N) is 2. The Labute approximate surface area is 113 Å². The van der Waals surface area contributed by atoms with E-state index in [0.29, 0.717) is 17.4 Å². The standard InChI is InChI=1S/C13H20ClN3O/c1-9-11(8-17(2)16-9)13(18)15-12-6-4-3-5-10(12)7-14/h8,10,12H,3-7H2,1-2H3,(H,15,18). The van der Waals surface area contributed by atoms with Gasteiger partial charge in [0.05, 0.1) is 11.3 Å². The maximum absolute atomic E-state index is 12.2. The van der Waals surface area contributed by atoms with Crippen LogP contribution in [0.3, 0.4) is 0 Å². The van der Waals surface area contributed by atoms with E-state index in [1.54, 1.807) is 10.9 Å². The second-order valence-corrected chi connectivity index (χ2v) is 5.39. The molecular weight excluding hydrogens is 250 g/mol. The van der Waals surface area contributed by atoms with E-state index < -0.39 is 0 Å². The van der Waals surface area contributed by atoms with Crippen molar-refractivity contribution in [3.8, 4) is 0 Å². The minimum Gasteiger partial charge on any atom is -0.349 e. The van der Waals surface area contributed by atoms with Gasteiger partial charge < -0.3 is 5.32 Å². The van der Waals surface area contributed by atoms with Crippen LogP contribution < -0.4 is 5.32 Å². The van der Waals surface area contributed by atoms with Crippen molar-refractivity contribution in [3.05, 3.63) is 17.5 Å². The quantitative estimate of drug-likeness (QED) is 0.856. The fourth-order valence-electron chi connectivity index (χ4n) is 2.65. The van der Waals surface area contributed by atoms with Crippen LogP contribution in [-0.4, -0.2) is 27.6 Å². The molecule has 5 heteroatoms. The van der Waals surface area contributed by atoms with Crippen molar-refractivity contribution in [1.29, 1.82) is 0 Å². The van der Waals surface area contributed by atoms with Crippen molar-refractivity contribution in [2.45, 2.75) is 38.6 Å². The van der Waals surface area contributed by atoms with E-state index in [9.17, 15) is 4.79 Å². The monoisotopic (exact) mass is 269 g/mol. The Morgan fingerprint density at radius 2 is 2.28 bits per heavy atom. The van der Waals surface area contributed by atoms with Gasteiger partial charge >= 0.3 is 0 Å². The van der Waals surface area contributed by atoms with Crippen LogP contribution in [0, 0.1) is 12.8 Å². The first-order valence-electron chi connectivity index (χ1n) is 6.49. The van der Waals surface area contributed by atoms with Gasteiger partial charge in [0.1, 0.15) is 0 Å². The summed E-state index contributed by atoms with van der Waals surface area (Å²) in [5, 5.41) is 7.31. The minimum absolute atomic E-state index is 0.0254. The topological polar surface area (TPSA) is 46.9 Å². The molecule has 18 heavy (non-hydrogen) atoms. The number of amides is 1. The smallest absolute Gasteiger partial charge is 0.254 e. The Kier molecular flexibility index (Phi) is 4.27. The molecule has 1 fully saturated rings. The summed E-state index contributed by atoms with van der Waals surface area (Å²) in [5.74, 6) is 1.00. The van der Waals surface area contributed by atoms with Gasteiger partial charge in [0, 0.05) is 25.2 Å². The van der Waals surface area contributed by atoms with Crippen LogP contribution in [-0.2, 0) is 7.05 Å². The van der Waals surface area contributed by atoms with E-state index in [4.69, 9.17) is 11.6 Å².